The summed E-state index contributed by atoms with van der Waals surface area (Å²) in [5.74, 6) is 0.136. The summed E-state index contributed by atoms with van der Waals surface area (Å²) in [5, 5.41) is 3.76. The van der Waals surface area contributed by atoms with E-state index in [0.717, 1.165) is 23.1 Å². The summed E-state index contributed by atoms with van der Waals surface area (Å²) >= 11 is 7.89. The van der Waals surface area contributed by atoms with Gasteiger partial charge in [-0.25, -0.2) is 8.42 Å². The lowest BCUT2D eigenvalue weighted by Crippen LogP contribution is -2.19. The van der Waals surface area contributed by atoms with Gasteiger partial charge in [0, 0.05) is 8.59 Å². The molecule has 0 atom stereocenters. The second kappa shape index (κ2) is 8.28. The Kier molecular flexibility index (Phi) is 7.41. The number of nitrogens with one attached hydrogen (secondary N) is 2. The minimum Gasteiger partial charge on any atom is -0.317 e. The number of benzene rings is 1. The van der Waals surface area contributed by atoms with Crippen molar-refractivity contribution in [2.45, 2.75) is 19.8 Å². The van der Waals surface area contributed by atoms with E-state index in [1.54, 1.807) is 18.2 Å². The van der Waals surface area contributed by atoms with Crippen molar-refractivity contribution in [2.24, 2.45) is 0 Å². The number of unbranched alkanes of at least 4 members (excludes halogenated alkanes) is 1. The minimum atomic E-state index is -3.28. The Morgan fingerprint density at radius 3 is 2.68 bits per heavy atom. The molecule has 4 nitrogen and oxygen atoms in total. The van der Waals surface area contributed by atoms with E-state index in [1.807, 2.05) is 6.92 Å². The quantitative estimate of drug-likeness (QED) is 0.506. The minimum absolute atomic E-state index is 0.136. The predicted molar refractivity (Wildman–Crippen MR) is 89.4 cm³/mol. The van der Waals surface area contributed by atoms with Gasteiger partial charge in [-0.2, -0.15) is 0 Å². The monoisotopic (exact) mass is 416 g/mol. The Bertz CT molecular complexity index is 508. The molecule has 1 aromatic carbocycles. The van der Waals surface area contributed by atoms with E-state index in [9.17, 15) is 8.42 Å². The van der Waals surface area contributed by atoms with Gasteiger partial charge in [0.2, 0.25) is 10.0 Å². The summed E-state index contributed by atoms with van der Waals surface area (Å²) in [6.45, 7) is 3.79. The van der Waals surface area contributed by atoms with Crippen LogP contribution >= 0.6 is 34.2 Å². The first kappa shape index (κ1) is 17.0. The van der Waals surface area contributed by atoms with Gasteiger partial charge in [-0.3, -0.25) is 4.72 Å². The number of hydrogen-bond acceptors (Lipinski definition) is 3. The van der Waals surface area contributed by atoms with E-state index in [1.165, 1.54) is 0 Å². The maximum absolute atomic E-state index is 11.9. The van der Waals surface area contributed by atoms with Crippen LogP contribution in [0.1, 0.15) is 19.8 Å². The first-order chi connectivity index (χ1) is 8.94. The van der Waals surface area contributed by atoms with Gasteiger partial charge in [0.25, 0.3) is 0 Å². The predicted octanol–water partition coefficient (Wildman–Crippen LogP) is 3.08. The molecule has 108 valence electrons. The Morgan fingerprint density at radius 2 is 2.05 bits per heavy atom. The lowest BCUT2D eigenvalue weighted by atomic mass is 10.3. The molecule has 0 unspecified atom stereocenters. The van der Waals surface area contributed by atoms with Crippen molar-refractivity contribution in [1.29, 1.82) is 0 Å². The zero-order chi connectivity index (χ0) is 14.3. The number of sulfonamides is 1. The second-order valence-corrected chi connectivity index (χ2v) is 7.55. The Morgan fingerprint density at radius 1 is 1.32 bits per heavy atom. The molecule has 19 heavy (non-hydrogen) atoms. The third kappa shape index (κ3) is 6.78. The van der Waals surface area contributed by atoms with Gasteiger partial charge in [0.05, 0.1) is 11.4 Å². The first-order valence-electron chi connectivity index (χ1n) is 6.11. The molecular weight excluding hydrogens is 399 g/mol. The molecule has 0 aromatic heterocycles. The molecule has 1 aromatic rings. The third-order valence-corrected chi connectivity index (χ3v) is 4.95. The van der Waals surface area contributed by atoms with Crippen LogP contribution in [0.4, 0.5) is 5.69 Å². The van der Waals surface area contributed by atoms with Crippen LogP contribution in [0.2, 0.25) is 5.02 Å². The van der Waals surface area contributed by atoms with Gasteiger partial charge >= 0.3 is 0 Å². The summed E-state index contributed by atoms with van der Waals surface area (Å²) in [6.07, 6.45) is 1.50. The number of rotatable bonds is 8. The van der Waals surface area contributed by atoms with Gasteiger partial charge < -0.3 is 5.32 Å². The highest BCUT2D eigenvalue weighted by molar-refractivity contribution is 14.1. The molecule has 2 N–H and O–H groups in total. The van der Waals surface area contributed by atoms with Crippen molar-refractivity contribution >= 4 is 49.9 Å². The van der Waals surface area contributed by atoms with Crippen molar-refractivity contribution in [3.63, 3.8) is 0 Å². The fourth-order valence-electron chi connectivity index (χ4n) is 1.51. The maximum atomic E-state index is 11.9. The highest BCUT2D eigenvalue weighted by Gasteiger charge is 2.12. The van der Waals surface area contributed by atoms with Crippen LogP contribution in [0, 0.1) is 3.57 Å². The number of anilines is 1. The van der Waals surface area contributed by atoms with E-state index >= 15 is 0 Å². The average molecular weight is 417 g/mol. The normalized spacial score (nSPS) is 11.5. The molecule has 0 saturated heterocycles. The molecule has 0 spiro atoms. The first-order valence-corrected chi connectivity index (χ1v) is 9.22. The van der Waals surface area contributed by atoms with E-state index in [0.29, 0.717) is 17.1 Å². The zero-order valence-corrected chi connectivity index (χ0v) is 14.5. The summed E-state index contributed by atoms with van der Waals surface area (Å²) in [7, 11) is -3.28. The largest absolute Gasteiger partial charge is 0.317 e. The van der Waals surface area contributed by atoms with Crippen LogP contribution < -0.4 is 10.0 Å². The molecule has 0 aliphatic rings. The number of hydrogen-bond donors (Lipinski definition) is 2. The maximum Gasteiger partial charge on any atom is 0.232 e. The standard InChI is InChI=1S/C12H18ClIN2O2S/c1-2-15-7-3-4-8-19(17,18)16-12-6-5-10(13)9-11(12)14/h5-6,9,15-16H,2-4,7-8H2,1H3. The molecule has 0 fully saturated rings. The van der Waals surface area contributed by atoms with Crippen LogP contribution in [-0.4, -0.2) is 27.3 Å². The summed E-state index contributed by atoms with van der Waals surface area (Å²) in [5.41, 5.74) is 0.580. The van der Waals surface area contributed by atoms with E-state index < -0.39 is 10.0 Å². The third-order valence-electron chi connectivity index (χ3n) is 2.46. The molecule has 0 heterocycles. The molecule has 7 heteroatoms. The molecule has 0 radical (unpaired) electrons. The van der Waals surface area contributed by atoms with Crippen molar-refractivity contribution < 1.29 is 8.42 Å². The van der Waals surface area contributed by atoms with Crippen LogP contribution in [0.5, 0.6) is 0 Å². The van der Waals surface area contributed by atoms with E-state index in [2.05, 4.69) is 32.6 Å². The Hall–Kier alpha value is -0.0500. The van der Waals surface area contributed by atoms with Crippen LogP contribution in [0.3, 0.4) is 0 Å². The van der Waals surface area contributed by atoms with Crippen molar-refractivity contribution in [3.8, 4) is 0 Å². The lowest BCUT2D eigenvalue weighted by molar-refractivity contribution is 0.593. The van der Waals surface area contributed by atoms with Gasteiger partial charge in [-0.1, -0.05) is 18.5 Å². The fraction of sp³-hybridized carbons (Fsp3) is 0.500. The van der Waals surface area contributed by atoms with E-state index in [4.69, 9.17) is 11.6 Å². The van der Waals surface area contributed by atoms with Gasteiger partial charge in [0.1, 0.15) is 0 Å². The Labute approximate surface area is 133 Å². The highest BCUT2D eigenvalue weighted by Crippen LogP contribution is 2.23. The van der Waals surface area contributed by atoms with Crippen molar-refractivity contribution in [1.82, 2.24) is 5.32 Å². The SMILES string of the molecule is CCNCCCCS(=O)(=O)Nc1ccc(Cl)cc1I. The molecule has 0 saturated carbocycles. The van der Waals surface area contributed by atoms with Crippen molar-refractivity contribution in [3.05, 3.63) is 26.8 Å². The van der Waals surface area contributed by atoms with Crippen LogP contribution in [0.25, 0.3) is 0 Å². The molecule has 0 amide bonds. The molecule has 0 aliphatic carbocycles. The lowest BCUT2D eigenvalue weighted by Gasteiger charge is -2.10. The van der Waals surface area contributed by atoms with Crippen molar-refractivity contribution in [2.75, 3.05) is 23.6 Å². The summed E-state index contributed by atoms with van der Waals surface area (Å²) in [4.78, 5) is 0. The zero-order valence-electron chi connectivity index (χ0n) is 10.7. The molecule has 0 aliphatic heterocycles. The van der Waals surface area contributed by atoms with Crippen LogP contribution in [0.15, 0.2) is 18.2 Å². The van der Waals surface area contributed by atoms with Crippen LogP contribution in [-0.2, 0) is 10.0 Å². The molecular formula is C12H18ClIN2O2S. The van der Waals surface area contributed by atoms with Gasteiger partial charge in [-0.05, 0) is 66.7 Å². The second-order valence-electron chi connectivity index (χ2n) is 4.11. The smallest absolute Gasteiger partial charge is 0.232 e. The number of halogens is 2. The molecule has 1 rings (SSSR count). The highest BCUT2D eigenvalue weighted by atomic mass is 127. The van der Waals surface area contributed by atoms with E-state index in [-0.39, 0.29) is 5.75 Å². The summed E-state index contributed by atoms with van der Waals surface area (Å²) < 4.78 is 27.2. The average Bonchev–Trinajstić information content (AvgIpc) is 2.32. The fourth-order valence-corrected chi connectivity index (χ4v) is 3.90. The van der Waals surface area contributed by atoms with Gasteiger partial charge in [0.15, 0.2) is 0 Å². The Balaban J connectivity index is 2.50. The summed E-state index contributed by atoms with van der Waals surface area (Å²) in [6, 6.07) is 5.08. The molecule has 0 bridgehead atoms. The topological polar surface area (TPSA) is 58.2 Å². The van der Waals surface area contributed by atoms with Gasteiger partial charge in [-0.15, -0.1) is 0 Å².